The Morgan fingerprint density at radius 1 is 1.10 bits per heavy atom. The smallest absolute Gasteiger partial charge is 0.243 e. The maximum absolute atomic E-state index is 11.4. The topological polar surface area (TPSA) is 58.1 Å². The zero-order chi connectivity index (χ0) is 20.4. The Kier molecular flexibility index (Phi) is 5.65. The number of anilines is 1. The molecule has 152 valence electrons. The molecule has 2 fully saturated rings. The van der Waals surface area contributed by atoms with Gasteiger partial charge < -0.3 is 10.2 Å². The normalized spacial score (nSPS) is 23.3. The molecule has 1 unspecified atom stereocenters. The Balaban J connectivity index is 1.47. The van der Waals surface area contributed by atoms with Gasteiger partial charge in [0.2, 0.25) is 5.91 Å². The van der Waals surface area contributed by atoms with Gasteiger partial charge in [-0.3, -0.25) is 4.79 Å². The zero-order valence-electron chi connectivity index (χ0n) is 17.6. The minimum absolute atomic E-state index is 0.108. The molecule has 0 saturated heterocycles. The van der Waals surface area contributed by atoms with Gasteiger partial charge in [0.25, 0.3) is 0 Å². The summed E-state index contributed by atoms with van der Waals surface area (Å²) < 4.78 is 0. The van der Waals surface area contributed by atoms with E-state index in [1.165, 1.54) is 38.2 Å². The van der Waals surface area contributed by atoms with Crippen molar-refractivity contribution in [2.45, 2.75) is 45.1 Å². The van der Waals surface area contributed by atoms with Gasteiger partial charge in [-0.1, -0.05) is 31.0 Å². The Bertz CT molecular complexity index is 894. The third-order valence-electron chi connectivity index (χ3n) is 6.62. The Hall–Kier alpha value is -2.69. The van der Waals surface area contributed by atoms with E-state index in [2.05, 4.69) is 52.6 Å². The highest BCUT2D eigenvalue weighted by Crippen LogP contribution is 2.43. The molecule has 4 rings (SSSR count). The molecule has 2 saturated carbocycles. The molecule has 2 aliphatic rings. The highest BCUT2D eigenvalue weighted by atomic mass is 16.1. The van der Waals surface area contributed by atoms with E-state index >= 15 is 0 Å². The van der Waals surface area contributed by atoms with E-state index in [0.717, 1.165) is 40.0 Å². The Labute approximate surface area is 173 Å². The van der Waals surface area contributed by atoms with E-state index in [0.29, 0.717) is 6.04 Å². The summed E-state index contributed by atoms with van der Waals surface area (Å²) >= 11 is 0. The second-order valence-electron chi connectivity index (χ2n) is 8.58. The first-order valence-electron chi connectivity index (χ1n) is 10.6. The fourth-order valence-electron chi connectivity index (χ4n) is 4.97. The van der Waals surface area contributed by atoms with E-state index in [-0.39, 0.29) is 5.91 Å². The number of benzene rings is 1. The van der Waals surface area contributed by atoms with Gasteiger partial charge >= 0.3 is 0 Å². The van der Waals surface area contributed by atoms with Crippen LogP contribution in [0, 0.1) is 18.8 Å². The summed E-state index contributed by atoms with van der Waals surface area (Å²) in [4.78, 5) is 13.7. The van der Waals surface area contributed by atoms with Gasteiger partial charge in [0.1, 0.15) is 0 Å². The SMILES string of the molecule is CNC(=O)/C=C/c1ccc(-c2ccc(N(C)C3C[C@H]4CC[C@@H](C3)C4)nn2)c(C)c1. The molecule has 2 aromatic rings. The van der Waals surface area contributed by atoms with Gasteiger partial charge in [-0.2, -0.15) is 0 Å². The fraction of sp³-hybridized carbons (Fsp3) is 0.458. The lowest BCUT2D eigenvalue weighted by Gasteiger charge is -2.35. The summed E-state index contributed by atoms with van der Waals surface area (Å²) in [5, 5.41) is 11.7. The number of amides is 1. The summed E-state index contributed by atoms with van der Waals surface area (Å²) in [6.07, 6.45) is 10.2. The highest BCUT2D eigenvalue weighted by Gasteiger charge is 2.36. The third-order valence-corrected chi connectivity index (χ3v) is 6.62. The minimum atomic E-state index is -0.108. The first kappa shape index (κ1) is 19.6. The Morgan fingerprint density at radius 2 is 1.86 bits per heavy atom. The van der Waals surface area contributed by atoms with Gasteiger partial charge in [0.05, 0.1) is 5.69 Å². The van der Waals surface area contributed by atoms with Crippen LogP contribution >= 0.6 is 0 Å². The van der Waals surface area contributed by atoms with Crippen LogP contribution in [0.25, 0.3) is 17.3 Å². The second kappa shape index (κ2) is 8.36. The molecular weight excluding hydrogens is 360 g/mol. The predicted octanol–water partition coefficient (Wildman–Crippen LogP) is 4.23. The van der Waals surface area contributed by atoms with Crippen LogP contribution < -0.4 is 10.2 Å². The molecule has 3 atom stereocenters. The number of nitrogens with zero attached hydrogens (tertiary/aromatic N) is 3. The van der Waals surface area contributed by atoms with Crippen LogP contribution in [0.3, 0.4) is 0 Å². The third kappa shape index (κ3) is 4.34. The van der Waals surface area contributed by atoms with Crippen LogP contribution in [0.1, 0.15) is 43.2 Å². The second-order valence-corrected chi connectivity index (χ2v) is 8.58. The number of likely N-dealkylation sites (N-methyl/N-ethyl adjacent to an activating group) is 1. The lowest BCUT2D eigenvalue weighted by Crippen LogP contribution is -2.37. The lowest BCUT2D eigenvalue weighted by atomic mass is 9.85. The van der Waals surface area contributed by atoms with Gasteiger partial charge in [-0.15, -0.1) is 10.2 Å². The van der Waals surface area contributed by atoms with Crippen LogP contribution in [0.5, 0.6) is 0 Å². The van der Waals surface area contributed by atoms with Crippen molar-refractivity contribution in [3.8, 4) is 11.3 Å². The summed E-state index contributed by atoms with van der Waals surface area (Å²) in [6.45, 7) is 2.06. The van der Waals surface area contributed by atoms with Crippen LogP contribution in [-0.2, 0) is 4.79 Å². The number of aromatic nitrogens is 2. The fourth-order valence-corrected chi connectivity index (χ4v) is 4.97. The first-order valence-corrected chi connectivity index (χ1v) is 10.6. The summed E-state index contributed by atoms with van der Waals surface area (Å²) in [7, 11) is 3.79. The number of aryl methyl sites for hydroxylation is 1. The van der Waals surface area contributed by atoms with Gasteiger partial charge in [0.15, 0.2) is 5.82 Å². The van der Waals surface area contributed by atoms with E-state index in [1.807, 2.05) is 18.2 Å². The standard InChI is InChI=1S/C24H30N4O/c1-16-12-17(7-11-24(29)25-2)6-8-21(16)22-9-10-23(27-26-22)28(3)20-14-18-4-5-19(13-18)15-20/h6-12,18-20H,4-5,13-15H2,1-3H3,(H,25,29)/b11-7+/t18-,19+,20?. The number of hydrogen-bond donors (Lipinski definition) is 1. The number of carbonyl (C=O) groups is 1. The molecule has 1 aromatic heterocycles. The van der Waals surface area contributed by atoms with Crippen molar-refractivity contribution in [1.29, 1.82) is 0 Å². The molecule has 2 bridgehead atoms. The average molecular weight is 391 g/mol. The summed E-state index contributed by atoms with van der Waals surface area (Å²) in [5.41, 5.74) is 4.05. The predicted molar refractivity (Wildman–Crippen MR) is 118 cm³/mol. The lowest BCUT2D eigenvalue weighted by molar-refractivity contribution is -0.115. The van der Waals surface area contributed by atoms with E-state index in [1.54, 1.807) is 7.05 Å². The number of hydrogen-bond acceptors (Lipinski definition) is 4. The van der Waals surface area contributed by atoms with Crippen molar-refractivity contribution in [3.05, 3.63) is 47.5 Å². The van der Waals surface area contributed by atoms with Gasteiger partial charge in [-0.05, 0) is 67.4 Å². The van der Waals surface area contributed by atoms with Crippen molar-refractivity contribution in [2.24, 2.45) is 11.8 Å². The van der Waals surface area contributed by atoms with E-state index in [9.17, 15) is 4.79 Å². The van der Waals surface area contributed by atoms with Crippen LogP contribution in [-0.4, -0.2) is 36.2 Å². The van der Waals surface area contributed by atoms with Crippen molar-refractivity contribution >= 4 is 17.8 Å². The van der Waals surface area contributed by atoms with Gasteiger partial charge in [0, 0.05) is 31.8 Å². The molecule has 1 aromatic carbocycles. The van der Waals surface area contributed by atoms with Gasteiger partial charge in [-0.25, -0.2) is 0 Å². The summed E-state index contributed by atoms with van der Waals surface area (Å²) in [6, 6.07) is 10.9. The Morgan fingerprint density at radius 3 is 2.48 bits per heavy atom. The quantitative estimate of drug-likeness (QED) is 0.777. The molecule has 2 aliphatic carbocycles. The number of fused-ring (bicyclic) bond motifs is 2. The van der Waals surface area contributed by atoms with Crippen LogP contribution in [0.15, 0.2) is 36.4 Å². The molecule has 0 radical (unpaired) electrons. The maximum Gasteiger partial charge on any atom is 0.243 e. The maximum atomic E-state index is 11.4. The molecule has 0 spiro atoms. The molecule has 1 heterocycles. The van der Waals surface area contributed by atoms with Crippen molar-refractivity contribution < 1.29 is 4.79 Å². The van der Waals surface area contributed by atoms with Crippen molar-refractivity contribution in [2.75, 3.05) is 19.0 Å². The monoisotopic (exact) mass is 390 g/mol. The number of rotatable bonds is 5. The van der Waals surface area contributed by atoms with Crippen LogP contribution in [0.2, 0.25) is 0 Å². The van der Waals surface area contributed by atoms with Crippen molar-refractivity contribution in [1.82, 2.24) is 15.5 Å². The number of nitrogens with one attached hydrogen (secondary N) is 1. The molecule has 5 heteroatoms. The van der Waals surface area contributed by atoms with E-state index in [4.69, 9.17) is 0 Å². The molecular formula is C24H30N4O. The zero-order valence-corrected chi connectivity index (χ0v) is 17.6. The van der Waals surface area contributed by atoms with Crippen LogP contribution in [0.4, 0.5) is 5.82 Å². The number of carbonyl (C=O) groups excluding carboxylic acids is 1. The molecule has 5 nitrogen and oxygen atoms in total. The molecule has 0 aliphatic heterocycles. The molecule has 1 N–H and O–H groups in total. The van der Waals surface area contributed by atoms with Crippen molar-refractivity contribution in [3.63, 3.8) is 0 Å². The molecule has 1 amide bonds. The highest BCUT2D eigenvalue weighted by molar-refractivity contribution is 5.91. The largest absolute Gasteiger partial charge is 0.356 e. The first-order chi connectivity index (χ1) is 14.0. The average Bonchev–Trinajstić information content (AvgIpc) is 3.09. The minimum Gasteiger partial charge on any atom is -0.356 e. The van der Waals surface area contributed by atoms with E-state index < -0.39 is 0 Å². The molecule has 29 heavy (non-hydrogen) atoms. The summed E-state index contributed by atoms with van der Waals surface area (Å²) in [5.74, 6) is 2.67.